The van der Waals surface area contributed by atoms with E-state index in [2.05, 4.69) is 41.5 Å². The zero-order valence-electron chi connectivity index (χ0n) is 11.4. The Morgan fingerprint density at radius 3 is 2.84 bits per heavy atom. The molecular weight excluding hydrogens is 256 g/mol. The molecule has 100 valence electrons. The number of hydrogen-bond donors (Lipinski definition) is 1. The van der Waals surface area contributed by atoms with Crippen LogP contribution in [-0.2, 0) is 6.42 Å². The highest BCUT2D eigenvalue weighted by Gasteiger charge is 2.15. The van der Waals surface area contributed by atoms with Gasteiger partial charge in [0.05, 0.1) is 11.1 Å². The molecule has 0 saturated heterocycles. The Bertz CT molecular complexity index is 540. The molecule has 2 rings (SSSR count). The van der Waals surface area contributed by atoms with Gasteiger partial charge in [-0.05, 0) is 36.2 Å². The Balaban J connectivity index is 2.37. The first kappa shape index (κ1) is 14.0. The van der Waals surface area contributed by atoms with Crippen LogP contribution in [0.2, 0.25) is 5.02 Å². The van der Waals surface area contributed by atoms with E-state index >= 15 is 0 Å². The number of aromatic nitrogens is 1. The molecule has 1 unspecified atom stereocenters. The monoisotopic (exact) mass is 274 g/mol. The summed E-state index contributed by atoms with van der Waals surface area (Å²) in [7, 11) is 1.95. The van der Waals surface area contributed by atoms with Crippen molar-refractivity contribution in [1.82, 2.24) is 10.3 Å². The van der Waals surface area contributed by atoms with E-state index in [0.29, 0.717) is 5.02 Å². The number of halogens is 1. The maximum atomic E-state index is 6.25. The van der Waals surface area contributed by atoms with E-state index in [1.54, 1.807) is 12.4 Å². The molecule has 0 radical (unpaired) electrons. The average molecular weight is 275 g/mol. The molecule has 0 aliphatic carbocycles. The Hall–Kier alpha value is -1.38. The topological polar surface area (TPSA) is 24.9 Å². The summed E-state index contributed by atoms with van der Waals surface area (Å²) in [6, 6.07) is 10.7. The minimum atomic E-state index is 0.104. The average Bonchev–Trinajstić information content (AvgIpc) is 2.43. The van der Waals surface area contributed by atoms with Crippen LogP contribution in [0, 0.1) is 0 Å². The van der Waals surface area contributed by atoms with Gasteiger partial charge in [0.2, 0.25) is 0 Å². The van der Waals surface area contributed by atoms with E-state index in [-0.39, 0.29) is 6.04 Å². The molecule has 1 atom stereocenters. The number of rotatable bonds is 5. The second kappa shape index (κ2) is 6.69. The summed E-state index contributed by atoms with van der Waals surface area (Å²) in [5.41, 5.74) is 3.67. The van der Waals surface area contributed by atoms with Crippen LogP contribution in [0.1, 0.15) is 36.1 Å². The molecule has 0 bridgehead atoms. The molecule has 0 aliphatic heterocycles. The molecule has 19 heavy (non-hydrogen) atoms. The van der Waals surface area contributed by atoms with E-state index in [0.717, 1.165) is 18.4 Å². The number of hydrogen-bond acceptors (Lipinski definition) is 2. The lowest BCUT2D eigenvalue weighted by Crippen LogP contribution is -2.18. The van der Waals surface area contributed by atoms with E-state index in [1.807, 2.05) is 13.1 Å². The van der Waals surface area contributed by atoms with Gasteiger partial charge in [0, 0.05) is 12.4 Å². The highest BCUT2D eigenvalue weighted by molar-refractivity contribution is 6.31. The summed E-state index contributed by atoms with van der Waals surface area (Å²) >= 11 is 6.25. The van der Waals surface area contributed by atoms with Crippen LogP contribution in [-0.4, -0.2) is 12.0 Å². The summed E-state index contributed by atoms with van der Waals surface area (Å²) < 4.78 is 0. The van der Waals surface area contributed by atoms with Crippen molar-refractivity contribution in [2.45, 2.75) is 25.8 Å². The van der Waals surface area contributed by atoms with Crippen LogP contribution in [0.5, 0.6) is 0 Å². The Morgan fingerprint density at radius 2 is 2.16 bits per heavy atom. The number of nitrogens with one attached hydrogen (secondary N) is 1. The minimum absolute atomic E-state index is 0.104. The fourth-order valence-electron chi connectivity index (χ4n) is 2.34. The van der Waals surface area contributed by atoms with Gasteiger partial charge in [-0.2, -0.15) is 0 Å². The molecule has 0 fully saturated rings. The first-order chi connectivity index (χ1) is 9.26. The van der Waals surface area contributed by atoms with E-state index in [1.165, 1.54) is 11.1 Å². The summed E-state index contributed by atoms with van der Waals surface area (Å²) in [5.74, 6) is 0. The van der Waals surface area contributed by atoms with Crippen LogP contribution in [0.25, 0.3) is 0 Å². The van der Waals surface area contributed by atoms with Gasteiger partial charge in [-0.15, -0.1) is 0 Å². The summed E-state index contributed by atoms with van der Waals surface area (Å²) in [6.07, 6.45) is 5.73. The fourth-order valence-corrected chi connectivity index (χ4v) is 2.57. The maximum Gasteiger partial charge on any atom is 0.0640 e. The van der Waals surface area contributed by atoms with Crippen molar-refractivity contribution in [2.24, 2.45) is 0 Å². The smallest absolute Gasteiger partial charge is 0.0640 e. The number of benzene rings is 1. The number of pyridine rings is 1. The zero-order chi connectivity index (χ0) is 13.7. The summed E-state index contributed by atoms with van der Waals surface area (Å²) in [6.45, 7) is 2.20. The predicted molar refractivity (Wildman–Crippen MR) is 80.6 cm³/mol. The zero-order valence-corrected chi connectivity index (χ0v) is 12.1. The molecule has 1 N–H and O–H groups in total. The first-order valence-corrected chi connectivity index (χ1v) is 6.99. The second-order valence-corrected chi connectivity index (χ2v) is 5.02. The van der Waals surface area contributed by atoms with Gasteiger partial charge in [0.25, 0.3) is 0 Å². The molecule has 2 aromatic rings. The third-order valence-electron chi connectivity index (χ3n) is 3.23. The molecule has 0 aliphatic rings. The van der Waals surface area contributed by atoms with Crippen molar-refractivity contribution in [3.8, 4) is 0 Å². The van der Waals surface area contributed by atoms with Gasteiger partial charge in [-0.25, -0.2) is 0 Å². The Morgan fingerprint density at radius 1 is 1.32 bits per heavy atom. The van der Waals surface area contributed by atoms with Crippen LogP contribution in [0.4, 0.5) is 0 Å². The molecule has 0 spiro atoms. The van der Waals surface area contributed by atoms with Crippen molar-refractivity contribution >= 4 is 11.6 Å². The van der Waals surface area contributed by atoms with Crippen LogP contribution < -0.4 is 5.32 Å². The van der Waals surface area contributed by atoms with Crippen molar-refractivity contribution < 1.29 is 0 Å². The van der Waals surface area contributed by atoms with Gasteiger partial charge in [-0.1, -0.05) is 49.2 Å². The normalized spacial score (nSPS) is 12.4. The lowest BCUT2D eigenvalue weighted by Gasteiger charge is -2.19. The molecule has 3 heteroatoms. The number of nitrogens with zero attached hydrogens (tertiary/aromatic N) is 1. The molecule has 1 heterocycles. The van der Waals surface area contributed by atoms with Crippen molar-refractivity contribution in [2.75, 3.05) is 7.05 Å². The van der Waals surface area contributed by atoms with Crippen molar-refractivity contribution in [3.05, 3.63) is 64.4 Å². The van der Waals surface area contributed by atoms with Crippen LogP contribution in [0.3, 0.4) is 0 Å². The highest BCUT2D eigenvalue weighted by Crippen LogP contribution is 2.27. The lowest BCUT2D eigenvalue weighted by molar-refractivity contribution is 0.689. The molecule has 1 aromatic heterocycles. The fraction of sp³-hybridized carbons (Fsp3) is 0.312. The van der Waals surface area contributed by atoms with Gasteiger partial charge >= 0.3 is 0 Å². The molecule has 2 nitrogen and oxygen atoms in total. The summed E-state index contributed by atoms with van der Waals surface area (Å²) in [5, 5.41) is 4.03. The molecule has 0 saturated carbocycles. The quantitative estimate of drug-likeness (QED) is 0.892. The van der Waals surface area contributed by atoms with Gasteiger partial charge in [0.15, 0.2) is 0 Å². The molecule has 1 aromatic carbocycles. The number of aryl methyl sites for hydroxylation is 1. The minimum Gasteiger partial charge on any atom is -0.309 e. The van der Waals surface area contributed by atoms with E-state index < -0.39 is 0 Å². The lowest BCUT2D eigenvalue weighted by atomic mass is 9.97. The standard InChI is InChI=1S/C16H19ClN2/c1-3-5-12-6-4-7-13(10-12)16(18-2)14-8-9-19-11-15(14)17/h4,6-11,16,18H,3,5H2,1-2H3. The SMILES string of the molecule is CCCc1cccc(C(NC)c2ccncc2Cl)c1. The first-order valence-electron chi connectivity index (χ1n) is 6.61. The van der Waals surface area contributed by atoms with E-state index in [9.17, 15) is 0 Å². The highest BCUT2D eigenvalue weighted by atomic mass is 35.5. The largest absolute Gasteiger partial charge is 0.309 e. The van der Waals surface area contributed by atoms with Gasteiger partial charge in [-0.3, -0.25) is 4.98 Å². The van der Waals surface area contributed by atoms with Gasteiger partial charge in [0.1, 0.15) is 0 Å². The Kier molecular flexibility index (Phi) is 4.94. The predicted octanol–water partition coefficient (Wildman–Crippen LogP) is 4.00. The van der Waals surface area contributed by atoms with Crippen molar-refractivity contribution in [1.29, 1.82) is 0 Å². The molecule has 0 amide bonds. The van der Waals surface area contributed by atoms with Gasteiger partial charge < -0.3 is 5.32 Å². The maximum absolute atomic E-state index is 6.25. The van der Waals surface area contributed by atoms with Crippen LogP contribution >= 0.6 is 11.6 Å². The Labute approximate surface area is 119 Å². The third kappa shape index (κ3) is 3.34. The van der Waals surface area contributed by atoms with Crippen molar-refractivity contribution in [3.63, 3.8) is 0 Å². The van der Waals surface area contributed by atoms with E-state index in [4.69, 9.17) is 11.6 Å². The molecular formula is C16H19ClN2. The summed E-state index contributed by atoms with van der Waals surface area (Å²) in [4.78, 5) is 4.04. The van der Waals surface area contributed by atoms with Crippen LogP contribution in [0.15, 0.2) is 42.7 Å². The second-order valence-electron chi connectivity index (χ2n) is 4.61. The third-order valence-corrected chi connectivity index (χ3v) is 3.54.